The van der Waals surface area contributed by atoms with E-state index in [9.17, 15) is 19.5 Å². The predicted molar refractivity (Wildman–Crippen MR) is 153 cm³/mol. The Kier molecular flexibility index (Phi) is 9.15. The number of carbonyl (C=O) groups is 3. The maximum absolute atomic E-state index is 12.7. The molecule has 4 heterocycles. The van der Waals surface area contributed by atoms with Crippen molar-refractivity contribution in [1.82, 2.24) is 34.6 Å². The molecule has 5 rings (SSSR count). The summed E-state index contributed by atoms with van der Waals surface area (Å²) in [7, 11) is 1.40. The number of nitrogens with one attached hydrogen (secondary N) is 2. The minimum Gasteiger partial charge on any atom is -0.483 e. The van der Waals surface area contributed by atoms with Gasteiger partial charge in [0.15, 0.2) is 29.8 Å². The smallest absolute Gasteiger partial charge is 0.407 e. The summed E-state index contributed by atoms with van der Waals surface area (Å²) in [5.41, 5.74) is 10.2. The van der Waals surface area contributed by atoms with Gasteiger partial charge in [0.2, 0.25) is 5.91 Å². The van der Waals surface area contributed by atoms with Gasteiger partial charge in [-0.2, -0.15) is 0 Å². The maximum Gasteiger partial charge on any atom is 0.407 e. The van der Waals surface area contributed by atoms with E-state index in [1.807, 2.05) is 0 Å². The number of piperazine rings is 1. The predicted octanol–water partition coefficient (Wildman–Crippen LogP) is 0.976. The Morgan fingerprint density at radius 1 is 1.20 bits per heavy atom. The molecule has 0 aliphatic carbocycles. The first-order chi connectivity index (χ1) is 21.2. The molecule has 2 fully saturated rings. The van der Waals surface area contributed by atoms with Crippen LogP contribution in [0, 0.1) is 0 Å². The standard InChI is InChI=1S/C25H28ClN11O7/c1-28-23(40)20-17(33-34-27)19(39)24(44-20)37-12-32-18-21(30-11-31-22(18)37)29-9-13-8-14(26)2-3-15(13)43-10-16(38)35-4-6-36(7-5-35)25(41)42/h2-3,8,11-12,17,19-20,24,39H,4-7,9-10H2,1H3,(H,28,40)(H,41,42)(H,29,30,31). The molecule has 0 spiro atoms. The fourth-order valence-electron chi connectivity index (χ4n) is 4.99. The van der Waals surface area contributed by atoms with Crippen molar-refractivity contribution in [3.05, 3.63) is 51.9 Å². The number of benzene rings is 1. The largest absolute Gasteiger partial charge is 0.483 e. The lowest BCUT2D eigenvalue weighted by Crippen LogP contribution is -2.51. The van der Waals surface area contributed by atoms with Crippen LogP contribution in [-0.4, -0.2) is 116 Å². The number of carbonyl (C=O) groups excluding carboxylic acids is 2. The highest BCUT2D eigenvalue weighted by atomic mass is 35.5. The zero-order valence-corrected chi connectivity index (χ0v) is 24.0. The molecule has 3 aromatic rings. The molecule has 4 atom stereocenters. The molecule has 2 aromatic heterocycles. The van der Waals surface area contributed by atoms with Gasteiger partial charge >= 0.3 is 6.09 Å². The summed E-state index contributed by atoms with van der Waals surface area (Å²) in [6.07, 6.45) is -2.09. The summed E-state index contributed by atoms with van der Waals surface area (Å²) in [4.78, 5) is 54.6. The van der Waals surface area contributed by atoms with Gasteiger partial charge in [-0.05, 0) is 23.7 Å². The van der Waals surface area contributed by atoms with Crippen molar-refractivity contribution in [2.24, 2.45) is 5.11 Å². The number of imidazole rings is 1. The highest BCUT2D eigenvalue weighted by Gasteiger charge is 2.48. The average Bonchev–Trinajstić information content (AvgIpc) is 3.60. The number of hydrogen-bond acceptors (Lipinski definition) is 11. The van der Waals surface area contributed by atoms with Crippen molar-refractivity contribution in [3.8, 4) is 5.75 Å². The number of ether oxygens (including phenoxy) is 2. The number of likely N-dealkylation sites (N-methyl/N-ethyl adjacent to an activating group) is 1. The molecule has 232 valence electrons. The zero-order chi connectivity index (χ0) is 31.4. The van der Waals surface area contributed by atoms with Crippen molar-refractivity contribution < 1.29 is 34.1 Å². The first-order valence-corrected chi connectivity index (χ1v) is 13.8. The second-order valence-corrected chi connectivity index (χ2v) is 10.3. The van der Waals surface area contributed by atoms with Gasteiger partial charge in [-0.15, -0.1) is 0 Å². The number of hydrogen-bond donors (Lipinski definition) is 4. The second-order valence-electron chi connectivity index (χ2n) is 9.84. The number of aliphatic hydroxyl groups is 1. The van der Waals surface area contributed by atoms with Gasteiger partial charge in [0, 0.05) is 55.3 Å². The van der Waals surface area contributed by atoms with Crippen molar-refractivity contribution in [1.29, 1.82) is 0 Å². The van der Waals surface area contributed by atoms with E-state index >= 15 is 0 Å². The highest BCUT2D eigenvalue weighted by Crippen LogP contribution is 2.34. The number of nitrogens with zero attached hydrogens (tertiary/aromatic N) is 9. The van der Waals surface area contributed by atoms with Gasteiger partial charge in [0.1, 0.15) is 30.3 Å². The Bertz CT molecular complexity index is 1610. The third kappa shape index (κ3) is 6.23. The lowest BCUT2D eigenvalue weighted by atomic mass is 10.1. The first kappa shape index (κ1) is 30.6. The van der Waals surface area contributed by atoms with Crippen molar-refractivity contribution >= 4 is 46.5 Å². The number of fused-ring (bicyclic) bond motifs is 1. The Morgan fingerprint density at radius 3 is 2.66 bits per heavy atom. The Balaban J connectivity index is 1.29. The Hall–Kier alpha value is -4.90. The van der Waals surface area contributed by atoms with Crippen LogP contribution in [0.2, 0.25) is 5.02 Å². The van der Waals surface area contributed by atoms with Crippen LogP contribution in [0.4, 0.5) is 10.6 Å². The number of carboxylic acid groups (broad SMARTS) is 1. The molecular formula is C25H28ClN11O7. The summed E-state index contributed by atoms with van der Waals surface area (Å²) in [6, 6.07) is 3.77. The molecule has 19 heteroatoms. The lowest BCUT2D eigenvalue weighted by molar-refractivity contribution is -0.135. The number of amides is 3. The Morgan fingerprint density at radius 2 is 1.95 bits per heavy atom. The van der Waals surface area contributed by atoms with E-state index in [-0.39, 0.29) is 50.9 Å². The second kappa shape index (κ2) is 13.2. The van der Waals surface area contributed by atoms with Gasteiger partial charge in [-0.25, -0.2) is 19.7 Å². The van der Waals surface area contributed by atoms with Crippen LogP contribution < -0.4 is 15.4 Å². The molecule has 3 amide bonds. The van der Waals surface area contributed by atoms with Crippen LogP contribution in [0.15, 0.2) is 36.0 Å². The number of aromatic nitrogens is 4. The van der Waals surface area contributed by atoms with Gasteiger partial charge in [0.25, 0.3) is 5.91 Å². The van der Waals surface area contributed by atoms with Crippen LogP contribution in [0.3, 0.4) is 0 Å². The molecule has 0 bridgehead atoms. The van der Waals surface area contributed by atoms with Gasteiger partial charge in [0.05, 0.1) is 6.33 Å². The van der Waals surface area contributed by atoms with Gasteiger partial charge in [-0.3, -0.25) is 14.2 Å². The molecule has 4 unspecified atom stereocenters. The van der Waals surface area contributed by atoms with Gasteiger partial charge < -0.3 is 40.1 Å². The van der Waals surface area contributed by atoms with E-state index in [4.69, 9.17) is 31.7 Å². The molecule has 1 aromatic carbocycles. The summed E-state index contributed by atoms with van der Waals surface area (Å²) in [6.45, 7) is 0.940. The molecule has 2 aliphatic heterocycles. The lowest BCUT2D eigenvalue weighted by Gasteiger charge is -2.33. The van der Waals surface area contributed by atoms with E-state index in [1.54, 1.807) is 23.1 Å². The van der Waals surface area contributed by atoms with Crippen LogP contribution in [0.5, 0.6) is 5.75 Å². The van der Waals surface area contributed by atoms with Crippen molar-refractivity contribution in [3.63, 3.8) is 0 Å². The number of aliphatic hydroxyl groups excluding tert-OH is 1. The fourth-order valence-corrected chi connectivity index (χ4v) is 5.18. The first-order valence-electron chi connectivity index (χ1n) is 13.4. The van der Waals surface area contributed by atoms with Crippen LogP contribution >= 0.6 is 11.6 Å². The molecule has 44 heavy (non-hydrogen) atoms. The third-order valence-electron chi connectivity index (χ3n) is 7.28. The van der Waals surface area contributed by atoms with Crippen LogP contribution in [0.25, 0.3) is 21.6 Å². The summed E-state index contributed by atoms with van der Waals surface area (Å²) >= 11 is 6.24. The SMILES string of the molecule is CNC(=O)C1OC(n2cnc3c(NCc4cc(Cl)ccc4OCC(=O)N4CCN(C(=O)O)CC4)ncnc32)C(O)C1N=[N+]=[N-]. The zero-order valence-electron chi connectivity index (χ0n) is 23.3. The molecule has 4 N–H and O–H groups in total. The fraction of sp³-hybridized carbons (Fsp3) is 0.440. The average molecular weight is 630 g/mol. The monoisotopic (exact) mass is 629 g/mol. The molecule has 18 nitrogen and oxygen atoms in total. The minimum atomic E-state index is -1.37. The van der Waals surface area contributed by atoms with Crippen molar-refractivity contribution in [2.45, 2.75) is 31.0 Å². The molecule has 0 saturated carbocycles. The Labute approximate surface area is 254 Å². The molecular weight excluding hydrogens is 602 g/mol. The summed E-state index contributed by atoms with van der Waals surface area (Å²) < 4.78 is 13.0. The topological polar surface area (TPSA) is 233 Å². The van der Waals surface area contributed by atoms with E-state index < -0.39 is 36.5 Å². The van der Waals surface area contributed by atoms with E-state index in [2.05, 4.69) is 35.6 Å². The molecule has 2 saturated heterocycles. The minimum absolute atomic E-state index is 0.167. The number of azide groups is 1. The summed E-state index contributed by atoms with van der Waals surface area (Å²) in [5, 5.41) is 29.5. The highest BCUT2D eigenvalue weighted by molar-refractivity contribution is 6.30. The van der Waals surface area contributed by atoms with Gasteiger partial charge in [-0.1, -0.05) is 16.7 Å². The summed E-state index contributed by atoms with van der Waals surface area (Å²) in [5.74, 6) is -0.104. The van der Waals surface area contributed by atoms with Crippen LogP contribution in [-0.2, 0) is 20.9 Å². The normalized spacial score (nSPS) is 21.5. The van der Waals surface area contributed by atoms with Crippen molar-refractivity contribution in [2.75, 3.05) is 45.2 Å². The number of rotatable bonds is 9. The maximum atomic E-state index is 12.7. The molecule has 0 radical (unpaired) electrons. The van der Waals surface area contributed by atoms with Crippen LogP contribution in [0.1, 0.15) is 11.8 Å². The quantitative estimate of drug-likeness (QED) is 0.148. The van der Waals surface area contributed by atoms with E-state index in [0.29, 0.717) is 27.7 Å². The third-order valence-corrected chi connectivity index (χ3v) is 7.52. The number of halogens is 1. The van der Waals surface area contributed by atoms with E-state index in [0.717, 1.165) is 0 Å². The molecule has 2 aliphatic rings. The number of anilines is 1. The van der Waals surface area contributed by atoms with E-state index in [1.165, 1.54) is 29.2 Å².